The van der Waals surface area contributed by atoms with Gasteiger partial charge in [-0.2, -0.15) is 0 Å². The minimum Gasteiger partial charge on any atom is -0.490 e. The highest BCUT2D eigenvalue weighted by Crippen LogP contribution is 2.32. The molecule has 5 heteroatoms. The molecule has 1 aromatic carbocycles. The summed E-state index contributed by atoms with van der Waals surface area (Å²) in [5.41, 5.74) is 0.701. The van der Waals surface area contributed by atoms with Crippen molar-refractivity contribution >= 4 is 11.8 Å². The molecule has 2 amide bonds. The summed E-state index contributed by atoms with van der Waals surface area (Å²) in [7, 11) is 0. The van der Waals surface area contributed by atoms with E-state index in [4.69, 9.17) is 4.74 Å². The van der Waals surface area contributed by atoms with Crippen molar-refractivity contribution in [1.29, 1.82) is 0 Å². The number of hydrogen-bond acceptors (Lipinski definition) is 3. The lowest BCUT2D eigenvalue weighted by Gasteiger charge is -2.32. The van der Waals surface area contributed by atoms with Crippen molar-refractivity contribution in [3.05, 3.63) is 42.0 Å². The summed E-state index contributed by atoms with van der Waals surface area (Å²) in [6.45, 7) is 6.53. The molecule has 4 rings (SSSR count). The summed E-state index contributed by atoms with van der Waals surface area (Å²) >= 11 is 0. The molecule has 3 aliphatic rings. The minimum atomic E-state index is 0.0714. The zero-order valence-corrected chi connectivity index (χ0v) is 16.8. The van der Waals surface area contributed by atoms with Crippen molar-refractivity contribution in [1.82, 2.24) is 9.80 Å². The normalized spacial score (nSPS) is 22.8. The Balaban J connectivity index is 1.30. The second kappa shape index (κ2) is 7.98. The van der Waals surface area contributed by atoms with Crippen LogP contribution in [-0.2, 0) is 4.79 Å². The fraction of sp³-hybridized carbons (Fsp3) is 0.565. The van der Waals surface area contributed by atoms with E-state index in [1.165, 1.54) is 0 Å². The molecule has 0 radical (unpaired) electrons. The van der Waals surface area contributed by atoms with Crippen LogP contribution in [0.1, 0.15) is 49.9 Å². The summed E-state index contributed by atoms with van der Waals surface area (Å²) in [5.74, 6) is 1.90. The lowest BCUT2D eigenvalue weighted by molar-refractivity contribution is -0.134. The van der Waals surface area contributed by atoms with Crippen LogP contribution in [-0.4, -0.2) is 53.4 Å². The van der Waals surface area contributed by atoms with E-state index in [9.17, 15) is 9.59 Å². The van der Waals surface area contributed by atoms with Crippen molar-refractivity contribution in [3.8, 4) is 5.75 Å². The molecule has 2 heterocycles. The van der Waals surface area contributed by atoms with Crippen molar-refractivity contribution < 1.29 is 14.3 Å². The topological polar surface area (TPSA) is 49.9 Å². The molecule has 28 heavy (non-hydrogen) atoms. The van der Waals surface area contributed by atoms with Crippen molar-refractivity contribution in [3.63, 3.8) is 0 Å². The largest absolute Gasteiger partial charge is 0.490 e. The van der Waals surface area contributed by atoms with Gasteiger partial charge in [0.2, 0.25) is 5.91 Å². The van der Waals surface area contributed by atoms with Crippen molar-refractivity contribution in [2.45, 2.75) is 51.7 Å². The molecular formula is C23H30N2O3. The predicted molar refractivity (Wildman–Crippen MR) is 108 cm³/mol. The number of benzene rings is 1. The second-order valence-electron chi connectivity index (χ2n) is 8.56. The summed E-state index contributed by atoms with van der Waals surface area (Å²) in [5, 5.41) is 0. The maximum atomic E-state index is 12.8. The van der Waals surface area contributed by atoms with Gasteiger partial charge in [0.1, 0.15) is 11.9 Å². The Hall–Kier alpha value is -2.30. The number of ether oxygens (including phenoxy) is 1. The lowest BCUT2D eigenvalue weighted by atomic mass is 10.0. The molecular weight excluding hydrogens is 352 g/mol. The van der Waals surface area contributed by atoms with Crippen LogP contribution in [0.3, 0.4) is 0 Å². The van der Waals surface area contributed by atoms with Gasteiger partial charge in [0, 0.05) is 44.0 Å². The number of carbonyl (C=O) groups excluding carboxylic acids is 2. The van der Waals surface area contributed by atoms with Crippen LogP contribution in [0.15, 0.2) is 36.4 Å². The van der Waals surface area contributed by atoms with Gasteiger partial charge in [0.25, 0.3) is 5.91 Å². The van der Waals surface area contributed by atoms with Crippen LogP contribution in [0.2, 0.25) is 0 Å². The quantitative estimate of drug-likeness (QED) is 0.733. The van der Waals surface area contributed by atoms with Crippen LogP contribution in [0, 0.1) is 11.8 Å². The van der Waals surface area contributed by atoms with Gasteiger partial charge in [0.05, 0.1) is 6.04 Å². The van der Waals surface area contributed by atoms with Gasteiger partial charge in [-0.25, -0.2) is 0 Å². The first kappa shape index (κ1) is 19.0. The Morgan fingerprint density at radius 2 is 1.71 bits per heavy atom. The Bertz CT molecular complexity index is 744. The standard InChI is InChI=1S/C23H30N2O3/c1-16(2)21-4-3-13-25(21)23(27)18-7-9-19(10-8-18)28-20-11-14-24(15-12-20)22(26)17-5-6-17/h3-4,7-10,16-17,20-21H,5-6,11-15H2,1-2H3. The zero-order valence-electron chi connectivity index (χ0n) is 16.8. The third-order valence-electron chi connectivity index (χ3n) is 6.02. The van der Waals surface area contributed by atoms with Gasteiger partial charge in [-0.15, -0.1) is 0 Å². The highest BCUT2D eigenvalue weighted by Gasteiger charge is 2.35. The van der Waals surface area contributed by atoms with Crippen molar-refractivity contribution in [2.75, 3.05) is 19.6 Å². The third kappa shape index (κ3) is 4.08. The summed E-state index contributed by atoms with van der Waals surface area (Å²) in [6, 6.07) is 7.68. The first-order valence-electron chi connectivity index (χ1n) is 10.6. The highest BCUT2D eigenvalue weighted by atomic mass is 16.5. The van der Waals surface area contributed by atoms with E-state index in [0.717, 1.165) is 44.5 Å². The molecule has 1 aromatic rings. The molecule has 5 nitrogen and oxygen atoms in total. The van der Waals surface area contributed by atoms with Gasteiger partial charge >= 0.3 is 0 Å². The van der Waals surface area contributed by atoms with Gasteiger partial charge < -0.3 is 14.5 Å². The summed E-state index contributed by atoms with van der Waals surface area (Å²) in [6.07, 6.45) is 8.19. The highest BCUT2D eigenvalue weighted by molar-refractivity contribution is 5.95. The predicted octanol–water partition coefficient (Wildman–Crippen LogP) is 3.50. The first-order valence-corrected chi connectivity index (χ1v) is 10.6. The number of carbonyl (C=O) groups is 2. The number of amides is 2. The Labute approximate surface area is 167 Å². The lowest BCUT2D eigenvalue weighted by Crippen LogP contribution is -2.42. The molecule has 2 fully saturated rings. The van der Waals surface area contributed by atoms with Gasteiger partial charge in [0.15, 0.2) is 0 Å². The molecule has 1 saturated carbocycles. The second-order valence-corrected chi connectivity index (χ2v) is 8.56. The molecule has 1 atom stereocenters. The molecule has 1 saturated heterocycles. The van der Waals surface area contributed by atoms with Crippen LogP contribution >= 0.6 is 0 Å². The monoisotopic (exact) mass is 382 g/mol. The Morgan fingerprint density at radius 1 is 1.04 bits per heavy atom. The first-order chi connectivity index (χ1) is 13.5. The number of likely N-dealkylation sites (tertiary alicyclic amines) is 1. The van der Waals surface area contributed by atoms with E-state index in [1.54, 1.807) is 0 Å². The molecule has 0 aromatic heterocycles. The Morgan fingerprint density at radius 3 is 2.32 bits per heavy atom. The zero-order chi connectivity index (χ0) is 19.7. The number of hydrogen-bond donors (Lipinski definition) is 0. The molecule has 1 aliphatic carbocycles. The smallest absolute Gasteiger partial charge is 0.254 e. The van der Waals surface area contributed by atoms with Crippen LogP contribution < -0.4 is 4.74 Å². The number of rotatable bonds is 5. The third-order valence-corrected chi connectivity index (χ3v) is 6.02. The maximum Gasteiger partial charge on any atom is 0.254 e. The molecule has 0 bridgehead atoms. The van der Waals surface area contributed by atoms with E-state index in [2.05, 4.69) is 26.0 Å². The fourth-order valence-electron chi connectivity index (χ4n) is 4.16. The van der Waals surface area contributed by atoms with E-state index in [1.807, 2.05) is 34.1 Å². The minimum absolute atomic E-state index is 0.0714. The van der Waals surface area contributed by atoms with E-state index < -0.39 is 0 Å². The SMILES string of the molecule is CC(C)C1C=CCN1C(=O)c1ccc(OC2CCN(C(=O)C3CC3)CC2)cc1. The van der Waals surface area contributed by atoms with E-state index >= 15 is 0 Å². The maximum absolute atomic E-state index is 12.8. The molecule has 0 spiro atoms. The van der Waals surface area contributed by atoms with E-state index in [-0.39, 0.29) is 18.1 Å². The van der Waals surface area contributed by atoms with E-state index in [0.29, 0.717) is 29.9 Å². The molecule has 0 N–H and O–H groups in total. The van der Waals surface area contributed by atoms with Gasteiger partial charge in [-0.1, -0.05) is 26.0 Å². The molecule has 2 aliphatic heterocycles. The van der Waals surface area contributed by atoms with Crippen molar-refractivity contribution in [2.24, 2.45) is 11.8 Å². The number of piperidine rings is 1. The Kier molecular flexibility index (Phi) is 5.42. The molecule has 1 unspecified atom stereocenters. The van der Waals surface area contributed by atoms with Gasteiger partial charge in [-0.05, 0) is 43.0 Å². The van der Waals surface area contributed by atoms with Gasteiger partial charge in [-0.3, -0.25) is 9.59 Å². The van der Waals surface area contributed by atoms with Crippen LogP contribution in [0.4, 0.5) is 0 Å². The fourth-order valence-corrected chi connectivity index (χ4v) is 4.16. The molecule has 150 valence electrons. The summed E-state index contributed by atoms with van der Waals surface area (Å²) < 4.78 is 6.10. The summed E-state index contributed by atoms with van der Waals surface area (Å²) in [4.78, 5) is 28.9. The average Bonchev–Trinajstić information content (AvgIpc) is 3.44. The number of nitrogens with zero attached hydrogens (tertiary/aromatic N) is 2. The average molecular weight is 383 g/mol. The van der Waals surface area contributed by atoms with Crippen LogP contribution in [0.25, 0.3) is 0 Å². The van der Waals surface area contributed by atoms with Crippen LogP contribution in [0.5, 0.6) is 5.75 Å².